The Hall–Kier alpha value is -1.20. The Morgan fingerprint density at radius 3 is 2.88 bits per heavy atom. The van der Waals surface area contributed by atoms with Crippen LogP contribution in [0.2, 0.25) is 0 Å². The first-order valence-corrected chi connectivity index (χ1v) is 6.64. The van der Waals surface area contributed by atoms with Crippen molar-refractivity contribution in [3.63, 3.8) is 0 Å². The maximum atomic E-state index is 4.60. The molecule has 0 radical (unpaired) electrons. The summed E-state index contributed by atoms with van der Waals surface area (Å²) < 4.78 is 1.81. The van der Waals surface area contributed by atoms with Crippen molar-refractivity contribution in [3.05, 3.63) is 22.8 Å². The van der Waals surface area contributed by atoms with Gasteiger partial charge < -0.3 is 5.32 Å². The van der Waals surface area contributed by atoms with Crippen LogP contribution >= 0.6 is 11.3 Å². The van der Waals surface area contributed by atoms with Crippen LogP contribution in [0, 0.1) is 6.92 Å². The van der Waals surface area contributed by atoms with E-state index in [1.54, 1.807) is 16.0 Å². The van der Waals surface area contributed by atoms with E-state index in [9.17, 15) is 0 Å². The van der Waals surface area contributed by atoms with Crippen LogP contribution in [0.15, 0.2) is 12.3 Å². The zero-order chi connectivity index (χ0) is 12.4. The van der Waals surface area contributed by atoms with Gasteiger partial charge in [-0.15, -0.1) is 11.3 Å². The molecule has 2 aromatic rings. The smallest absolute Gasteiger partial charge is 0.144 e. The Kier molecular flexibility index (Phi) is 3.59. The third-order valence-electron chi connectivity index (χ3n) is 2.67. The fourth-order valence-corrected chi connectivity index (χ4v) is 2.91. The summed E-state index contributed by atoms with van der Waals surface area (Å²) in [6.07, 6.45) is 1.94. The first kappa shape index (κ1) is 12.3. The number of nitrogens with one attached hydrogen (secondary N) is 1. The first-order chi connectivity index (χ1) is 8.11. The lowest BCUT2D eigenvalue weighted by Gasteiger charge is -2.09. The number of thiazole rings is 1. The van der Waals surface area contributed by atoms with Crippen LogP contribution < -0.4 is 5.32 Å². The molecule has 1 N–H and O–H groups in total. The molecule has 0 saturated heterocycles. The molecule has 0 aliphatic heterocycles. The second kappa shape index (κ2) is 4.98. The van der Waals surface area contributed by atoms with Gasteiger partial charge in [0.25, 0.3) is 0 Å². The fourth-order valence-electron chi connectivity index (χ4n) is 1.85. The topological polar surface area (TPSA) is 42.7 Å². The molecular weight excluding hydrogens is 232 g/mol. The molecule has 0 aliphatic rings. The number of hydrogen-bond acceptors (Lipinski definition) is 4. The van der Waals surface area contributed by atoms with Gasteiger partial charge in [0.05, 0.1) is 5.69 Å². The summed E-state index contributed by atoms with van der Waals surface area (Å²) in [6.45, 7) is 7.32. The quantitative estimate of drug-likeness (QED) is 0.906. The molecule has 0 bridgehead atoms. The van der Waals surface area contributed by atoms with Crippen molar-refractivity contribution in [3.8, 4) is 10.7 Å². The van der Waals surface area contributed by atoms with E-state index in [-0.39, 0.29) is 0 Å². The Morgan fingerprint density at radius 1 is 1.53 bits per heavy atom. The van der Waals surface area contributed by atoms with Gasteiger partial charge in [-0.25, -0.2) is 4.98 Å². The molecule has 5 heteroatoms. The Morgan fingerprint density at radius 2 is 2.29 bits per heavy atom. The van der Waals surface area contributed by atoms with Crippen LogP contribution in [0.5, 0.6) is 0 Å². The molecule has 0 aliphatic carbocycles. The fraction of sp³-hybridized carbons (Fsp3) is 0.500. The third-order valence-corrected chi connectivity index (χ3v) is 4.03. The van der Waals surface area contributed by atoms with Crippen LogP contribution in [0.3, 0.4) is 0 Å². The third kappa shape index (κ3) is 2.56. The van der Waals surface area contributed by atoms with Crippen LogP contribution in [0.4, 0.5) is 0 Å². The number of aryl methyl sites for hydroxylation is 2. The van der Waals surface area contributed by atoms with E-state index in [1.165, 1.54) is 4.88 Å². The highest BCUT2D eigenvalue weighted by Crippen LogP contribution is 2.30. The number of aromatic nitrogens is 3. The Labute approximate surface area is 106 Å². The molecule has 2 rings (SSSR count). The Bertz CT molecular complexity index is 500. The van der Waals surface area contributed by atoms with Gasteiger partial charge in [-0.2, -0.15) is 5.10 Å². The highest BCUT2D eigenvalue weighted by Gasteiger charge is 2.15. The summed E-state index contributed by atoms with van der Waals surface area (Å²) in [7, 11) is 1.92. The molecule has 0 saturated carbocycles. The van der Waals surface area contributed by atoms with Crippen molar-refractivity contribution in [1.29, 1.82) is 0 Å². The molecule has 2 aromatic heterocycles. The molecule has 0 amide bonds. The van der Waals surface area contributed by atoms with Crippen molar-refractivity contribution in [2.45, 2.75) is 26.8 Å². The molecule has 17 heavy (non-hydrogen) atoms. The van der Waals surface area contributed by atoms with Crippen LogP contribution in [0.25, 0.3) is 10.7 Å². The molecule has 1 atom stereocenters. The van der Waals surface area contributed by atoms with Gasteiger partial charge in [-0.05, 0) is 26.5 Å². The molecule has 92 valence electrons. The van der Waals surface area contributed by atoms with E-state index in [2.05, 4.69) is 36.2 Å². The minimum atomic E-state index is 0.356. The van der Waals surface area contributed by atoms with E-state index in [0.29, 0.717) is 6.04 Å². The van der Waals surface area contributed by atoms with Gasteiger partial charge in [0.15, 0.2) is 0 Å². The average Bonchev–Trinajstić information content (AvgIpc) is 2.85. The van der Waals surface area contributed by atoms with Crippen molar-refractivity contribution in [2.24, 2.45) is 7.05 Å². The van der Waals surface area contributed by atoms with E-state index < -0.39 is 0 Å². The number of nitrogens with zero attached hydrogens (tertiary/aromatic N) is 3. The average molecular weight is 250 g/mol. The predicted octanol–water partition coefficient (Wildman–Crippen LogP) is 2.52. The zero-order valence-corrected chi connectivity index (χ0v) is 11.5. The molecule has 4 nitrogen and oxygen atoms in total. The molecule has 0 fully saturated rings. The van der Waals surface area contributed by atoms with Gasteiger partial charge in [0.2, 0.25) is 0 Å². The second-order valence-corrected chi connectivity index (χ2v) is 5.15. The largest absolute Gasteiger partial charge is 0.310 e. The lowest BCUT2D eigenvalue weighted by molar-refractivity contribution is 0.603. The molecule has 2 heterocycles. The minimum absolute atomic E-state index is 0.356. The monoisotopic (exact) mass is 250 g/mol. The van der Waals surface area contributed by atoms with Crippen molar-refractivity contribution < 1.29 is 0 Å². The van der Waals surface area contributed by atoms with Crippen molar-refractivity contribution >= 4 is 11.3 Å². The SMILES string of the molecule is CCNC(C)c1sc(-c2ccn(C)n2)nc1C. The lowest BCUT2D eigenvalue weighted by atomic mass is 10.2. The van der Waals surface area contributed by atoms with E-state index >= 15 is 0 Å². The summed E-state index contributed by atoms with van der Waals surface area (Å²) in [5, 5.41) is 8.80. The summed E-state index contributed by atoms with van der Waals surface area (Å²) in [6, 6.07) is 2.36. The van der Waals surface area contributed by atoms with Gasteiger partial charge in [0, 0.05) is 24.2 Å². The normalized spacial score (nSPS) is 12.9. The molecule has 1 unspecified atom stereocenters. The highest BCUT2D eigenvalue weighted by molar-refractivity contribution is 7.15. The molecule has 0 spiro atoms. The summed E-state index contributed by atoms with van der Waals surface area (Å²) in [5.74, 6) is 0. The van der Waals surface area contributed by atoms with E-state index in [1.807, 2.05) is 19.3 Å². The minimum Gasteiger partial charge on any atom is -0.310 e. The van der Waals surface area contributed by atoms with E-state index in [4.69, 9.17) is 0 Å². The van der Waals surface area contributed by atoms with Crippen molar-refractivity contribution in [2.75, 3.05) is 6.54 Å². The van der Waals surface area contributed by atoms with Gasteiger partial charge >= 0.3 is 0 Å². The summed E-state index contributed by atoms with van der Waals surface area (Å²) in [4.78, 5) is 5.90. The molecular formula is C12H18N4S. The maximum absolute atomic E-state index is 4.60. The maximum Gasteiger partial charge on any atom is 0.144 e. The van der Waals surface area contributed by atoms with Crippen molar-refractivity contribution in [1.82, 2.24) is 20.1 Å². The second-order valence-electron chi connectivity index (χ2n) is 4.12. The summed E-state index contributed by atoms with van der Waals surface area (Å²) in [5.41, 5.74) is 2.06. The van der Waals surface area contributed by atoms with Crippen LogP contribution in [-0.4, -0.2) is 21.3 Å². The van der Waals surface area contributed by atoms with Gasteiger partial charge in [0.1, 0.15) is 10.7 Å². The van der Waals surface area contributed by atoms with Gasteiger partial charge in [-0.1, -0.05) is 6.92 Å². The Balaban J connectivity index is 2.30. The van der Waals surface area contributed by atoms with Crippen LogP contribution in [0.1, 0.15) is 30.5 Å². The lowest BCUT2D eigenvalue weighted by Crippen LogP contribution is -2.17. The zero-order valence-electron chi connectivity index (χ0n) is 10.7. The number of rotatable bonds is 4. The number of hydrogen-bond donors (Lipinski definition) is 1. The van der Waals surface area contributed by atoms with Crippen LogP contribution in [-0.2, 0) is 7.05 Å². The first-order valence-electron chi connectivity index (χ1n) is 5.82. The summed E-state index contributed by atoms with van der Waals surface area (Å²) >= 11 is 1.72. The highest BCUT2D eigenvalue weighted by atomic mass is 32.1. The van der Waals surface area contributed by atoms with E-state index in [0.717, 1.165) is 22.9 Å². The standard InChI is InChI=1S/C12H18N4S/c1-5-13-8(2)11-9(3)14-12(17-11)10-6-7-16(4)15-10/h6-8,13H,5H2,1-4H3. The predicted molar refractivity (Wildman–Crippen MR) is 71.1 cm³/mol. The molecule has 0 aromatic carbocycles. The van der Waals surface area contributed by atoms with Gasteiger partial charge in [-0.3, -0.25) is 4.68 Å².